The smallest absolute Gasteiger partial charge is 0.282 e. The maximum Gasteiger partial charge on any atom is 0.282 e. The lowest BCUT2D eigenvalue weighted by atomic mass is 10.1. The highest BCUT2D eigenvalue weighted by Gasteiger charge is 2.34. The van der Waals surface area contributed by atoms with E-state index >= 15 is 0 Å². The van der Waals surface area contributed by atoms with Crippen molar-refractivity contribution in [1.29, 1.82) is 0 Å². The first-order valence-corrected chi connectivity index (χ1v) is 9.37. The largest absolute Gasteiger partial charge is 0.315 e. The molecule has 1 unspecified atom stereocenters. The molecule has 1 rings (SSSR count). The van der Waals surface area contributed by atoms with Crippen molar-refractivity contribution in [2.45, 2.75) is 58.4 Å². The summed E-state index contributed by atoms with van der Waals surface area (Å²) in [5.74, 6) is 0. The lowest BCUT2D eigenvalue weighted by Gasteiger charge is -2.37. The van der Waals surface area contributed by atoms with Crippen LogP contribution >= 0.6 is 0 Å². The molecule has 120 valence electrons. The number of hydrogen-bond donors (Lipinski definition) is 1. The van der Waals surface area contributed by atoms with Crippen molar-refractivity contribution in [1.82, 2.24) is 13.9 Å². The van der Waals surface area contributed by atoms with E-state index in [0.717, 1.165) is 51.6 Å². The zero-order valence-corrected chi connectivity index (χ0v) is 14.1. The summed E-state index contributed by atoms with van der Waals surface area (Å²) in [5.41, 5.74) is 0. The summed E-state index contributed by atoms with van der Waals surface area (Å²) in [7, 11) is -1.59. The van der Waals surface area contributed by atoms with Crippen LogP contribution in [0.3, 0.4) is 0 Å². The molecule has 1 fully saturated rings. The van der Waals surface area contributed by atoms with Crippen molar-refractivity contribution in [2.24, 2.45) is 0 Å². The number of hydrogen-bond acceptors (Lipinski definition) is 3. The zero-order valence-electron chi connectivity index (χ0n) is 13.3. The van der Waals surface area contributed by atoms with Crippen LogP contribution in [-0.2, 0) is 10.2 Å². The maximum absolute atomic E-state index is 12.7. The minimum absolute atomic E-state index is 0.115. The Hall–Kier alpha value is -0.170. The van der Waals surface area contributed by atoms with Gasteiger partial charge in [-0.05, 0) is 32.2 Å². The van der Waals surface area contributed by atoms with E-state index in [1.165, 1.54) is 4.31 Å². The van der Waals surface area contributed by atoms with Gasteiger partial charge in [0.2, 0.25) is 0 Å². The van der Waals surface area contributed by atoms with Gasteiger partial charge in [0.25, 0.3) is 10.2 Å². The second kappa shape index (κ2) is 8.97. The number of nitrogens with one attached hydrogen (secondary N) is 1. The molecule has 1 saturated heterocycles. The number of unbranched alkanes of at least 4 members (excludes halogenated alkanes) is 1. The molecule has 0 radical (unpaired) electrons. The highest BCUT2D eigenvalue weighted by Crippen LogP contribution is 2.22. The summed E-state index contributed by atoms with van der Waals surface area (Å²) >= 11 is 0. The van der Waals surface area contributed by atoms with Crippen molar-refractivity contribution in [2.75, 3.05) is 33.2 Å². The average Bonchev–Trinajstić information content (AvgIpc) is 2.45. The summed E-state index contributed by atoms with van der Waals surface area (Å²) in [4.78, 5) is 0. The third-order valence-corrected chi connectivity index (χ3v) is 5.94. The fraction of sp³-hybridized carbons (Fsp3) is 1.00. The van der Waals surface area contributed by atoms with Gasteiger partial charge in [-0.25, -0.2) is 0 Å². The second-order valence-corrected chi connectivity index (χ2v) is 7.64. The fourth-order valence-electron chi connectivity index (χ4n) is 2.60. The zero-order chi connectivity index (χ0) is 15.0. The molecular weight excluding hydrogens is 274 g/mol. The van der Waals surface area contributed by atoms with Crippen molar-refractivity contribution in [3.05, 3.63) is 0 Å². The molecule has 0 aromatic heterocycles. The van der Waals surface area contributed by atoms with Crippen LogP contribution in [0.5, 0.6) is 0 Å². The molecule has 0 aromatic carbocycles. The molecular formula is C14H31N3O2S. The van der Waals surface area contributed by atoms with E-state index in [1.54, 1.807) is 11.4 Å². The van der Waals surface area contributed by atoms with Gasteiger partial charge in [0.1, 0.15) is 0 Å². The summed E-state index contributed by atoms with van der Waals surface area (Å²) in [6, 6.07) is 0.115. The number of piperidine rings is 1. The van der Waals surface area contributed by atoms with E-state index in [2.05, 4.69) is 19.2 Å². The highest BCUT2D eigenvalue weighted by molar-refractivity contribution is 7.86. The van der Waals surface area contributed by atoms with E-state index < -0.39 is 10.2 Å². The maximum atomic E-state index is 12.7. The standard InChI is InChI=1S/C14H31N3O2S/c1-4-6-11-16(3)20(18,19)17-12-8-7-9-14(17)13-15-10-5-2/h14-15H,4-13H2,1-3H3. The monoisotopic (exact) mass is 305 g/mol. The normalized spacial score (nSPS) is 21.5. The lowest BCUT2D eigenvalue weighted by Crippen LogP contribution is -2.52. The molecule has 1 aliphatic heterocycles. The van der Waals surface area contributed by atoms with E-state index in [0.29, 0.717) is 13.1 Å². The van der Waals surface area contributed by atoms with Crippen molar-refractivity contribution < 1.29 is 8.42 Å². The first kappa shape index (κ1) is 17.9. The molecule has 0 saturated carbocycles. The first-order valence-electron chi connectivity index (χ1n) is 7.97. The molecule has 1 N–H and O–H groups in total. The minimum atomic E-state index is -3.29. The van der Waals surface area contributed by atoms with Gasteiger partial charge < -0.3 is 5.32 Å². The van der Waals surface area contributed by atoms with Gasteiger partial charge in [-0.1, -0.05) is 26.7 Å². The fourth-order valence-corrected chi connectivity index (χ4v) is 4.24. The van der Waals surface area contributed by atoms with Crippen LogP contribution in [0.2, 0.25) is 0 Å². The molecule has 0 aromatic rings. The molecule has 0 amide bonds. The lowest BCUT2D eigenvalue weighted by molar-refractivity contribution is 0.230. The number of rotatable bonds is 9. The first-order chi connectivity index (χ1) is 9.54. The Morgan fingerprint density at radius 1 is 1.25 bits per heavy atom. The Morgan fingerprint density at radius 3 is 2.65 bits per heavy atom. The molecule has 0 spiro atoms. The Bertz CT molecular complexity index is 359. The summed E-state index contributed by atoms with van der Waals surface area (Å²) < 4.78 is 28.6. The topological polar surface area (TPSA) is 52.7 Å². The second-order valence-electron chi connectivity index (χ2n) is 5.65. The van der Waals surface area contributed by atoms with Gasteiger partial charge in [0, 0.05) is 32.7 Å². The van der Waals surface area contributed by atoms with Gasteiger partial charge in [-0.2, -0.15) is 17.0 Å². The Morgan fingerprint density at radius 2 is 2.00 bits per heavy atom. The van der Waals surface area contributed by atoms with Crippen LogP contribution in [0.1, 0.15) is 52.4 Å². The van der Waals surface area contributed by atoms with Gasteiger partial charge in [0.15, 0.2) is 0 Å². The predicted molar refractivity (Wildman–Crippen MR) is 84.0 cm³/mol. The van der Waals surface area contributed by atoms with Crippen LogP contribution in [0.25, 0.3) is 0 Å². The van der Waals surface area contributed by atoms with E-state index in [-0.39, 0.29) is 6.04 Å². The molecule has 1 heterocycles. The third kappa shape index (κ3) is 4.98. The van der Waals surface area contributed by atoms with Crippen molar-refractivity contribution in [3.8, 4) is 0 Å². The van der Waals surface area contributed by atoms with Gasteiger partial charge in [-0.3, -0.25) is 0 Å². The summed E-state index contributed by atoms with van der Waals surface area (Å²) in [6.45, 7) is 7.21. The highest BCUT2D eigenvalue weighted by atomic mass is 32.2. The van der Waals surface area contributed by atoms with Crippen molar-refractivity contribution >= 4 is 10.2 Å². The Kier molecular flexibility index (Phi) is 8.02. The van der Waals surface area contributed by atoms with E-state index in [9.17, 15) is 8.42 Å². The van der Waals surface area contributed by atoms with Crippen LogP contribution in [0.15, 0.2) is 0 Å². The van der Waals surface area contributed by atoms with Gasteiger partial charge in [0.05, 0.1) is 0 Å². The average molecular weight is 305 g/mol. The van der Waals surface area contributed by atoms with Gasteiger partial charge >= 0.3 is 0 Å². The van der Waals surface area contributed by atoms with Gasteiger partial charge in [-0.15, -0.1) is 0 Å². The van der Waals surface area contributed by atoms with Crippen LogP contribution < -0.4 is 5.32 Å². The van der Waals surface area contributed by atoms with Crippen LogP contribution in [0.4, 0.5) is 0 Å². The molecule has 1 aliphatic rings. The summed E-state index contributed by atoms with van der Waals surface area (Å²) in [5, 5.41) is 3.36. The minimum Gasteiger partial charge on any atom is -0.315 e. The molecule has 20 heavy (non-hydrogen) atoms. The van der Waals surface area contributed by atoms with E-state index in [1.807, 2.05) is 0 Å². The molecule has 6 heteroatoms. The van der Waals surface area contributed by atoms with E-state index in [4.69, 9.17) is 0 Å². The Balaban J connectivity index is 2.67. The number of nitrogens with zero attached hydrogens (tertiary/aromatic N) is 2. The molecule has 0 bridgehead atoms. The summed E-state index contributed by atoms with van der Waals surface area (Å²) in [6.07, 6.45) is 6.09. The molecule has 5 nitrogen and oxygen atoms in total. The molecule has 1 atom stereocenters. The van der Waals surface area contributed by atoms with Crippen molar-refractivity contribution in [3.63, 3.8) is 0 Å². The predicted octanol–water partition coefficient (Wildman–Crippen LogP) is 1.82. The van der Waals surface area contributed by atoms with Crippen LogP contribution in [-0.4, -0.2) is 56.3 Å². The third-order valence-electron chi connectivity index (χ3n) is 3.90. The molecule has 0 aliphatic carbocycles. The van der Waals surface area contributed by atoms with Crippen LogP contribution in [0, 0.1) is 0 Å². The SMILES string of the molecule is CCCCN(C)S(=O)(=O)N1CCCCC1CNCCC. The quantitative estimate of drug-likeness (QED) is 0.661. The Labute approximate surface area is 124 Å².